The molecule has 1 unspecified atom stereocenters. The van der Waals surface area contributed by atoms with Gasteiger partial charge in [-0.05, 0) is 17.7 Å². The zero-order valence-corrected chi connectivity index (χ0v) is 9.13. The number of hydrogen-bond donors (Lipinski definition) is 1. The molecule has 1 aromatic carbocycles. The number of carbonyl (C=O) groups is 1. The molecule has 0 spiro atoms. The normalized spacial score (nSPS) is 13.2. The minimum Gasteiger partial charge on any atom is -0.481 e. The molecule has 0 aliphatic carbocycles. The average Bonchev–Trinajstić information content (AvgIpc) is 2.19. The van der Waals surface area contributed by atoms with Crippen LogP contribution in [0.1, 0.15) is 5.56 Å². The van der Waals surface area contributed by atoms with E-state index in [1.165, 1.54) is 12.1 Å². The van der Waals surface area contributed by atoms with Gasteiger partial charge in [0.25, 0.3) is 5.63 Å². The summed E-state index contributed by atoms with van der Waals surface area (Å²) in [5.41, 5.74) is -2.54. The van der Waals surface area contributed by atoms with Crippen LogP contribution in [0.15, 0.2) is 24.3 Å². The first-order valence-electron chi connectivity index (χ1n) is 4.47. The summed E-state index contributed by atoms with van der Waals surface area (Å²) >= 11 is 4.60. The zero-order chi connectivity index (χ0) is 13.1. The smallest absolute Gasteiger partial charge is 0.444 e. The third-order valence-corrected chi connectivity index (χ3v) is 2.04. The SMILES string of the molecule is O=C(O)Cc1ccc(OC(F)(F)C(F)Cl)cc1. The highest BCUT2D eigenvalue weighted by Crippen LogP contribution is 2.28. The highest BCUT2D eigenvalue weighted by molar-refractivity contribution is 6.20. The van der Waals surface area contributed by atoms with Crippen molar-refractivity contribution in [2.45, 2.75) is 18.2 Å². The van der Waals surface area contributed by atoms with Crippen LogP contribution in [0, 0.1) is 0 Å². The minimum absolute atomic E-state index is 0.238. The van der Waals surface area contributed by atoms with Crippen LogP contribution in [0.3, 0.4) is 0 Å². The number of alkyl halides is 4. The topological polar surface area (TPSA) is 46.5 Å². The van der Waals surface area contributed by atoms with Crippen molar-refractivity contribution < 1.29 is 27.8 Å². The van der Waals surface area contributed by atoms with Crippen molar-refractivity contribution in [1.29, 1.82) is 0 Å². The van der Waals surface area contributed by atoms with Gasteiger partial charge in [-0.1, -0.05) is 23.7 Å². The van der Waals surface area contributed by atoms with Crippen LogP contribution in [0.4, 0.5) is 13.2 Å². The first-order chi connectivity index (χ1) is 7.81. The third kappa shape index (κ3) is 4.14. The van der Waals surface area contributed by atoms with Gasteiger partial charge in [0.1, 0.15) is 5.75 Å². The molecule has 0 aliphatic heterocycles. The highest BCUT2D eigenvalue weighted by Gasteiger charge is 2.42. The van der Waals surface area contributed by atoms with Crippen LogP contribution >= 0.6 is 11.6 Å². The molecule has 0 aromatic heterocycles. The standard InChI is InChI=1S/C10H8ClF3O3/c11-9(12)10(13,14)17-7-3-1-6(2-4-7)5-8(15)16/h1-4,9H,5H2,(H,15,16). The van der Waals surface area contributed by atoms with Crippen LogP contribution in [-0.2, 0) is 11.2 Å². The van der Waals surface area contributed by atoms with E-state index in [9.17, 15) is 18.0 Å². The summed E-state index contributed by atoms with van der Waals surface area (Å²) < 4.78 is 41.7. The van der Waals surface area contributed by atoms with Gasteiger partial charge < -0.3 is 9.84 Å². The van der Waals surface area contributed by atoms with E-state index in [-0.39, 0.29) is 12.2 Å². The van der Waals surface area contributed by atoms with E-state index in [1.54, 1.807) is 0 Å². The number of aliphatic carboxylic acids is 1. The fourth-order valence-corrected chi connectivity index (χ4v) is 1.10. The molecule has 0 saturated heterocycles. The van der Waals surface area contributed by atoms with Crippen molar-refractivity contribution in [1.82, 2.24) is 0 Å². The molecule has 0 fully saturated rings. The number of hydrogen-bond acceptors (Lipinski definition) is 2. The van der Waals surface area contributed by atoms with E-state index in [1.807, 2.05) is 0 Å². The lowest BCUT2D eigenvalue weighted by Gasteiger charge is -2.17. The molecule has 1 N–H and O–H groups in total. The summed E-state index contributed by atoms with van der Waals surface area (Å²) in [4.78, 5) is 10.4. The van der Waals surface area contributed by atoms with E-state index in [4.69, 9.17) is 5.11 Å². The van der Waals surface area contributed by atoms with E-state index in [0.717, 1.165) is 12.1 Å². The Labute approximate surface area is 99.8 Å². The monoisotopic (exact) mass is 268 g/mol. The maximum Gasteiger partial charge on any atom is 0.444 e. The lowest BCUT2D eigenvalue weighted by atomic mass is 10.1. The number of ether oxygens (including phenoxy) is 1. The predicted molar refractivity (Wildman–Crippen MR) is 54.1 cm³/mol. The number of carboxylic acid groups (broad SMARTS) is 1. The van der Waals surface area contributed by atoms with Gasteiger partial charge in [-0.3, -0.25) is 4.79 Å². The van der Waals surface area contributed by atoms with Gasteiger partial charge >= 0.3 is 12.1 Å². The first kappa shape index (κ1) is 13.6. The Bertz CT molecular complexity index is 392. The molecule has 7 heteroatoms. The number of halogens is 4. The van der Waals surface area contributed by atoms with Crippen molar-refractivity contribution in [3.8, 4) is 5.75 Å². The van der Waals surface area contributed by atoms with Gasteiger partial charge in [0.05, 0.1) is 6.42 Å². The summed E-state index contributed by atoms with van der Waals surface area (Å²) in [6.45, 7) is 0. The number of rotatable bonds is 5. The lowest BCUT2D eigenvalue weighted by Crippen LogP contribution is -2.32. The van der Waals surface area contributed by atoms with Crippen LogP contribution in [-0.4, -0.2) is 22.8 Å². The second kappa shape index (κ2) is 5.27. The summed E-state index contributed by atoms with van der Waals surface area (Å²) in [5.74, 6) is -1.35. The molecule has 0 bridgehead atoms. The fraction of sp³-hybridized carbons (Fsp3) is 0.300. The maximum absolute atomic E-state index is 12.7. The first-order valence-corrected chi connectivity index (χ1v) is 4.90. The van der Waals surface area contributed by atoms with Gasteiger partial charge in [-0.15, -0.1) is 0 Å². The molecule has 0 radical (unpaired) electrons. The van der Waals surface area contributed by atoms with Crippen molar-refractivity contribution in [2.75, 3.05) is 0 Å². The molecule has 1 atom stereocenters. The maximum atomic E-state index is 12.7. The van der Waals surface area contributed by atoms with E-state index in [0.29, 0.717) is 5.56 Å². The number of benzene rings is 1. The van der Waals surface area contributed by atoms with Gasteiger partial charge in [0, 0.05) is 0 Å². The molecule has 94 valence electrons. The molecule has 3 nitrogen and oxygen atoms in total. The van der Waals surface area contributed by atoms with Gasteiger partial charge in [0.2, 0.25) is 0 Å². The van der Waals surface area contributed by atoms with Gasteiger partial charge in [-0.2, -0.15) is 8.78 Å². The Balaban J connectivity index is 2.72. The molecule has 1 aromatic rings. The zero-order valence-electron chi connectivity index (χ0n) is 8.37. The molecular weight excluding hydrogens is 261 g/mol. The van der Waals surface area contributed by atoms with Gasteiger partial charge in [0.15, 0.2) is 0 Å². The Hall–Kier alpha value is -1.43. The minimum atomic E-state index is -4.13. The second-order valence-electron chi connectivity index (χ2n) is 3.18. The average molecular weight is 269 g/mol. The number of carboxylic acids is 1. The fourth-order valence-electron chi connectivity index (χ4n) is 1.05. The van der Waals surface area contributed by atoms with Crippen molar-refractivity contribution >= 4 is 17.6 Å². The van der Waals surface area contributed by atoms with E-state index >= 15 is 0 Å². The van der Waals surface area contributed by atoms with Crippen LogP contribution < -0.4 is 4.74 Å². The second-order valence-corrected chi connectivity index (χ2v) is 3.56. The molecule has 0 amide bonds. The lowest BCUT2D eigenvalue weighted by molar-refractivity contribution is -0.199. The predicted octanol–water partition coefficient (Wildman–Crippen LogP) is 2.82. The molecule has 1 rings (SSSR count). The highest BCUT2D eigenvalue weighted by atomic mass is 35.5. The summed E-state index contributed by atoms with van der Waals surface area (Å²) in [6.07, 6.45) is -4.37. The Morgan fingerprint density at radius 1 is 1.41 bits per heavy atom. The van der Waals surface area contributed by atoms with Crippen molar-refractivity contribution in [3.05, 3.63) is 29.8 Å². The third-order valence-electron chi connectivity index (χ3n) is 1.79. The summed E-state index contributed by atoms with van der Waals surface area (Å²) in [5, 5.41) is 8.48. The largest absolute Gasteiger partial charge is 0.481 e. The van der Waals surface area contributed by atoms with Crippen LogP contribution in [0.2, 0.25) is 0 Å². The Kier molecular flexibility index (Phi) is 4.22. The molecule has 0 saturated carbocycles. The quantitative estimate of drug-likeness (QED) is 0.835. The van der Waals surface area contributed by atoms with Crippen molar-refractivity contribution in [3.63, 3.8) is 0 Å². The van der Waals surface area contributed by atoms with Crippen LogP contribution in [0.5, 0.6) is 5.75 Å². The summed E-state index contributed by atoms with van der Waals surface area (Å²) in [7, 11) is 0. The van der Waals surface area contributed by atoms with Crippen molar-refractivity contribution in [2.24, 2.45) is 0 Å². The Morgan fingerprint density at radius 3 is 2.35 bits per heavy atom. The molecule has 0 heterocycles. The van der Waals surface area contributed by atoms with Crippen LogP contribution in [0.25, 0.3) is 0 Å². The Morgan fingerprint density at radius 2 is 1.94 bits per heavy atom. The summed E-state index contributed by atoms with van der Waals surface area (Å²) in [6, 6.07) is 4.82. The molecular formula is C10H8ClF3O3. The molecule has 17 heavy (non-hydrogen) atoms. The van der Waals surface area contributed by atoms with E-state index < -0.39 is 17.7 Å². The van der Waals surface area contributed by atoms with Gasteiger partial charge in [-0.25, -0.2) is 4.39 Å². The molecule has 0 aliphatic rings. The van der Waals surface area contributed by atoms with E-state index in [2.05, 4.69) is 16.3 Å².